The molecule has 13 aromatic rings. The number of anilines is 3. The Kier molecular flexibility index (Phi) is 7.13. The second-order valence-corrected chi connectivity index (χ2v) is 17.3. The first-order valence-corrected chi connectivity index (χ1v) is 22.3. The number of nitrogens with zero attached hydrogens (tertiary/aromatic N) is 3. The lowest BCUT2D eigenvalue weighted by Gasteiger charge is -2.38. The molecule has 0 radical (unpaired) electrons. The lowest BCUT2D eigenvalue weighted by Crippen LogP contribution is -2.20. The van der Waals surface area contributed by atoms with Crippen LogP contribution >= 0.6 is 0 Å². The maximum Gasteiger partial charge on any atom is 0.157 e. The van der Waals surface area contributed by atoms with E-state index in [4.69, 9.17) is 13.9 Å². The van der Waals surface area contributed by atoms with E-state index in [-0.39, 0.29) is 0 Å². The highest BCUT2D eigenvalue weighted by molar-refractivity contribution is 6.14. The van der Waals surface area contributed by atoms with E-state index in [0.717, 1.165) is 117 Å². The van der Waals surface area contributed by atoms with Crippen LogP contribution in [0.1, 0.15) is 0 Å². The molecule has 66 heavy (non-hydrogen) atoms. The Bertz CT molecular complexity index is 4120. The predicted octanol–water partition coefficient (Wildman–Crippen LogP) is 16.8. The number of hydrogen-bond donors (Lipinski definition) is 0. The maximum atomic E-state index is 6.74. The van der Waals surface area contributed by atoms with Crippen LogP contribution in [0.25, 0.3) is 99.2 Å². The van der Waals surface area contributed by atoms with Crippen LogP contribution in [0.5, 0.6) is 23.0 Å². The molecule has 5 heterocycles. The van der Waals surface area contributed by atoms with E-state index in [1.54, 1.807) is 0 Å². The molecule has 0 N–H and O–H groups in total. The van der Waals surface area contributed by atoms with E-state index >= 15 is 0 Å². The van der Waals surface area contributed by atoms with Gasteiger partial charge in [0.2, 0.25) is 0 Å². The summed E-state index contributed by atoms with van der Waals surface area (Å²) in [6.07, 6.45) is 0. The third-order valence-corrected chi connectivity index (χ3v) is 13.7. The Balaban J connectivity index is 0.917. The Morgan fingerprint density at radius 2 is 0.788 bits per heavy atom. The fourth-order valence-corrected chi connectivity index (χ4v) is 10.7. The van der Waals surface area contributed by atoms with Crippen molar-refractivity contribution in [3.8, 4) is 56.6 Å². The highest BCUT2D eigenvalue weighted by Gasteiger charge is 2.35. The van der Waals surface area contributed by atoms with Crippen LogP contribution in [0, 0.1) is 0 Å². The molecule has 0 spiro atoms. The summed E-state index contributed by atoms with van der Waals surface area (Å²) >= 11 is 0. The van der Waals surface area contributed by atoms with Crippen molar-refractivity contribution in [1.29, 1.82) is 0 Å². The van der Waals surface area contributed by atoms with Crippen molar-refractivity contribution in [2.45, 2.75) is 0 Å². The van der Waals surface area contributed by atoms with Crippen LogP contribution in [-0.2, 0) is 0 Å². The first-order chi connectivity index (χ1) is 32.7. The number of para-hydroxylation sites is 6. The highest BCUT2D eigenvalue weighted by atomic mass is 16.5. The van der Waals surface area contributed by atoms with Gasteiger partial charge in [0.1, 0.15) is 16.9 Å². The molecular weight excluding hydrogens is 811 g/mol. The number of hydrogen-bond acceptors (Lipinski definition) is 4. The number of ether oxygens (including phenoxy) is 2. The smallest absolute Gasteiger partial charge is 0.157 e. The van der Waals surface area contributed by atoms with Crippen LogP contribution in [0.4, 0.5) is 17.1 Å². The normalized spacial score (nSPS) is 12.8. The van der Waals surface area contributed by atoms with Gasteiger partial charge in [-0.3, -0.25) is 4.90 Å². The largest absolute Gasteiger partial charge is 0.456 e. The van der Waals surface area contributed by atoms with Crippen molar-refractivity contribution >= 4 is 82.6 Å². The Morgan fingerprint density at radius 3 is 1.45 bits per heavy atom. The number of rotatable bonds is 4. The average molecular weight is 846 g/mol. The van der Waals surface area contributed by atoms with Gasteiger partial charge in [-0.25, -0.2) is 0 Å². The second kappa shape index (κ2) is 13.3. The molecule has 0 atom stereocenters. The summed E-state index contributed by atoms with van der Waals surface area (Å²) < 4.78 is 24.6. The van der Waals surface area contributed by atoms with Crippen LogP contribution in [0.3, 0.4) is 0 Å². The van der Waals surface area contributed by atoms with Crippen molar-refractivity contribution in [1.82, 2.24) is 9.13 Å². The summed E-state index contributed by atoms with van der Waals surface area (Å²) in [5.41, 5.74) is 15.8. The second-order valence-electron chi connectivity index (χ2n) is 17.3. The highest BCUT2D eigenvalue weighted by Crippen LogP contribution is 2.60. The summed E-state index contributed by atoms with van der Waals surface area (Å²) in [6.45, 7) is 0. The summed E-state index contributed by atoms with van der Waals surface area (Å²) in [5.74, 6) is 3.09. The fourth-order valence-electron chi connectivity index (χ4n) is 10.7. The van der Waals surface area contributed by atoms with Crippen LogP contribution in [0.15, 0.2) is 217 Å². The van der Waals surface area contributed by atoms with Gasteiger partial charge in [0.15, 0.2) is 23.0 Å². The van der Waals surface area contributed by atoms with Gasteiger partial charge in [0.05, 0.1) is 39.1 Å². The van der Waals surface area contributed by atoms with E-state index in [9.17, 15) is 0 Å². The maximum absolute atomic E-state index is 6.74. The van der Waals surface area contributed by atoms with Crippen molar-refractivity contribution in [2.75, 3.05) is 4.90 Å². The third-order valence-electron chi connectivity index (χ3n) is 13.7. The zero-order chi connectivity index (χ0) is 43.0. The molecule has 6 heteroatoms. The first kappa shape index (κ1) is 35.5. The fraction of sp³-hybridized carbons (Fsp3) is 0. The molecule has 308 valence electrons. The molecule has 6 nitrogen and oxygen atoms in total. The average Bonchev–Trinajstić information content (AvgIpc) is 4.03. The zero-order valence-electron chi connectivity index (χ0n) is 35.3. The molecule has 0 fully saturated rings. The monoisotopic (exact) mass is 845 g/mol. The first-order valence-electron chi connectivity index (χ1n) is 22.3. The van der Waals surface area contributed by atoms with Gasteiger partial charge in [0.25, 0.3) is 0 Å². The zero-order valence-corrected chi connectivity index (χ0v) is 35.3. The van der Waals surface area contributed by atoms with Crippen LogP contribution < -0.4 is 14.4 Å². The van der Waals surface area contributed by atoms with Gasteiger partial charge >= 0.3 is 0 Å². The number of aromatic nitrogens is 2. The van der Waals surface area contributed by atoms with Crippen LogP contribution in [-0.4, -0.2) is 9.13 Å². The molecule has 0 saturated heterocycles. The number of benzene rings is 10. The Labute approximate surface area is 377 Å². The molecule has 0 amide bonds. The Morgan fingerprint density at radius 1 is 0.288 bits per heavy atom. The molecule has 0 unspecified atom stereocenters. The summed E-state index contributed by atoms with van der Waals surface area (Å²) in [7, 11) is 0. The minimum atomic E-state index is 0.744. The van der Waals surface area contributed by atoms with Gasteiger partial charge in [-0.1, -0.05) is 109 Å². The van der Waals surface area contributed by atoms with Crippen molar-refractivity contribution in [3.63, 3.8) is 0 Å². The van der Waals surface area contributed by atoms with Gasteiger partial charge in [-0.2, -0.15) is 0 Å². The minimum Gasteiger partial charge on any atom is -0.456 e. The van der Waals surface area contributed by atoms with E-state index in [1.807, 2.05) is 36.4 Å². The molecule has 2 aliphatic heterocycles. The molecule has 15 rings (SSSR count). The van der Waals surface area contributed by atoms with E-state index < -0.39 is 0 Å². The van der Waals surface area contributed by atoms with Gasteiger partial charge in [-0.05, 0) is 107 Å². The van der Waals surface area contributed by atoms with Gasteiger partial charge in [-0.15, -0.1) is 0 Å². The van der Waals surface area contributed by atoms with Crippen LogP contribution in [0.2, 0.25) is 0 Å². The van der Waals surface area contributed by atoms with E-state index in [2.05, 4.69) is 190 Å². The quantitative estimate of drug-likeness (QED) is 0.177. The van der Waals surface area contributed by atoms with E-state index in [0.29, 0.717) is 0 Å². The van der Waals surface area contributed by atoms with Gasteiger partial charge in [0, 0.05) is 56.2 Å². The predicted molar refractivity (Wildman–Crippen MR) is 268 cm³/mol. The molecule has 0 bridgehead atoms. The standard InChI is InChI=1S/C60H35N3O3/c1-2-12-36(13-3-1)37-22-27-50-46(30-37)47-32-39(24-29-51(47)62(50)41-34-58-60-59(35-41)66-56-21-11-8-18-53(56)63(60)52-17-7-10-20-55(52)65-58)38-23-28-49-45(31-38)42-14-4-6-16-48(42)61(49)40-25-26-44-43-15-5-9-19-54(43)64-57(44)33-40/h1-35H. The molecule has 0 saturated carbocycles. The summed E-state index contributed by atoms with van der Waals surface area (Å²) in [5, 5.41) is 6.98. The lowest BCUT2D eigenvalue weighted by molar-refractivity contribution is 0.445. The van der Waals surface area contributed by atoms with Crippen molar-refractivity contribution in [3.05, 3.63) is 212 Å². The summed E-state index contributed by atoms with van der Waals surface area (Å²) in [6, 6.07) is 75.5. The molecule has 3 aromatic heterocycles. The Hall–Kier alpha value is -9.00. The topological polar surface area (TPSA) is 44.7 Å². The molecule has 10 aromatic carbocycles. The third kappa shape index (κ3) is 5.01. The van der Waals surface area contributed by atoms with Crippen molar-refractivity contribution < 1.29 is 13.9 Å². The van der Waals surface area contributed by atoms with E-state index in [1.165, 1.54) is 21.9 Å². The minimum absolute atomic E-state index is 0.744. The molecule has 0 aliphatic carbocycles. The van der Waals surface area contributed by atoms with Crippen molar-refractivity contribution in [2.24, 2.45) is 0 Å². The van der Waals surface area contributed by atoms with Gasteiger partial charge < -0.3 is 23.0 Å². The lowest BCUT2D eigenvalue weighted by atomic mass is 9.99. The number of fused-ring (bicyclic) bond motifs is 13. The summed E-state index contributed by atoms with van der Waals surface area (Å²) in [4.78, 5) is 2.27. The SMILES string of the molecule is c1ccc(-c2ccc3c(c2)c2cc(-c4ccc5c(c4)c4ccccc4n5-c4ccc5c(c4)oc4ccccc45)ccc2n3-c2cc3c4c(c2)Oc2ccccc2N4c2ccccc2O3)cc1. The molecular formula is C60H35N3O3. The molecule has 2 aliphatic rings. The number of furan rings is 1.